The molecule has 1 heterocycles. The Kier molecular flexibility index (Phi) is 5.83. The summed E-state index contributed by atoms with van der Waals surface area (Å²) in [4.78, 5) is 2.46. The Morgan fingerprint density at radius 2 is 1.89 bits per heavy atom. The van der Waals surface area contributed by atoms with Crippen LogP contribution in [0.1, 0.15) is 24.8 Å². The van der Waals surface area contributed by atoms with Gasteiger partial charge in [0.15, 0.2) is 0 Å². The molecule has 3 nitrogen and oxygen atoms in total. The Hall–Kier alpha value is -0.900. The number of rotatable bonds is 6. The highest BCUT2D eigenvalue weighted by Crippen LogP contribution is 2.21. The van der Waals surface area contributed by atoms with Gasteiger partial charge in [0.25, 0.3) is 0 Å². The van der Waals surface area contributed by atoms with E-state index in [1.54, 1.807) is 0 Å². The minimum Gasteiger partial charge on any atom is -0.392 e. The standard InChI is InChI=1S/C16H26N2O/c17-13-16(19)8-11-18-9-6-15(7-10-18)12-14-4-2-1-3-5-14/h1-5,15-16,19H,6-13,17H2. The number of piperidine rings is 1. The van der Waals surface area contributed by atoms with Gasteiger partial charge in [0.2, 0.25) is 0 Å². The minimum atomic E-state index is -0.331. The normalized spacial score (nSPS) is 19.5. The van der Waals surface area contributed by atoms with Crippen LogP contribution in [-0.2, 0) is 6.42 Å². The van der Waals surface area contributed by atoms with E-state index in [1.807, 2.05) is 0 Å². The zero-order valence-electron chi connectivity index (χ0n) is 11.7. The number of nitrogens with zero attached hydrogens (tertiary/aromatic N) is 1. The maximum atomic E-state index is 9.48. The molecule has 0 radical (unpaired) electrons. The van der Waals surface area contributed by atoms with Crippen LogP contribution >= 0.6 is 0 Å². The molecule has 3 heteroatoms. The van der Waals surface area contributed by atoms with E-state index in [-0.39, 0.29) is 6.10 Å². The van der Waals surface area contributed by atoms with Crippen LogP contribution in [-0.4, -0.2) is 42.3 Å². The maximum Gasteiger partial charge on any atom is 0.0674 e. The van der Waals surface area contributed by atoms with E-state index >= 15 is 0 Å². The van der Waals surface area contributed by atoms with Crippen molar-refractivity contribution in [3.8, 4) is 0 Å². The molecule has 0 bridgehead atoms. The first-order valence-electron chi connectivity index (χ1n) is 7.42. The van der Waals surface area contributed by atoms with Gasteiger partial charge in [-0.25, -0.2) is 0 Å². The molecule has 106 valence electrons. The van der Waals surface area contributed by atoms with Crippen molar-refractivity contribution in [2.24, 2.45) is 11.7 Å². The Balaban J connectivity index is 1.68. The predicted molar refractivity (Wildman–Crippen MR) is 79.0 cm³/mol. The number of likely N-dealkylation sites (tertiary alicyclic amines) is 1. The number of hydrogen-bond acceptors (Lipinski definition) is 3. The third-order valence-corrected chi connectivity index (χ3v) is 4.12. The first-order chi connectivity index (χ1) is 9.28. The first kappa shape index (κ1) is 14.5. The Labute approximate surface area is 116 Å². The largest absolute Gasteiger partial charge is 0.392 e. The summed E-state index contributed by atoms with van der Waals surface area (Å²) in [7, 11) is 0. The summed E-state index contributed by atoms with van der Waals surface area (Å²) < 4.78 is 0. The van der Waals surface area contributed by atoms with E-state index in [0.29, 0.717) is 6.54 Å². The molecule has 0 amide bonds. The molecular formula is C16H26N2O. The van der Waals surface area contributed by atoms with Gasteiger partial charge < -0.3 is 15.7 Å². The maximum absolute atomic E-state index is 9.48. The molecule has 1 aliphatic heterocycles. The molecule has 1 aliphatic rings. The van der Waals surface area contributed by atoms with Crippen LogP contribution in [0.2, 0.25) is 0 Å². The topological polar surface area (TPSA) is 49.5 Å². The number of nitrogens with two attached hydrogens (primary N) is 1. The smallest absolute Gasteiger partial charge is 0.0674 e. The molecule has 2 rings (SSSR count). The van der Waals surface area contributed by atoms with Crippen LogP contribution < -0.4 is 5.73 Å². The van der Waals surface area contributed by atoms with E-state index in [1.165, 1.54) is 24.8 Å². The molecule has 1 atom stereocenters. The Morgan fingerprint density at radius 3 is 2.53 bits per heavy atom. The number of benzene rings is 1. The zero-order valence-corrected chi connectivity index (χ0v) is 11.7. The number of aliphatic hydroxyl groups excluding tert-OH is 1. The first-order valence-corrected chi connectivity index (χ1v) is 7.42. The molecule has 3 N–H and O–H groups in total. The summed E-state index contributed by atoms with van der Waals surface area (Å²) in [6, 6.07) is 10.8. The molecule has 1 fully saturated rings. The van der Waals surface area contributed by atoms with Gasteiger partial charge in [-0.15, -0.1) is 0 Å². The van der Waals surface area contributed by atoms with Gasteiger partial charge in [0.05, 0.1) is 6.10 Å². The van der Waals surface area contributed by atoms with E-state index in [9.17, 15) is 5.11 Å². The van der Waals surface area contributed by atoms with Crippen molar-refractivity contribution in [1.29, 1.82) is 0 Å². The molecule has 1 saturated heterocycles. The average Bonchev–Trinajstić information content (AvgIpc) is 2.47. The lowest BCUT2D eigenvalue weighted by Gasteiger charge is -2.32. The zero-order chi connectivity index (χ0) is 13.5. The minimum absolute atomic E-state index is 0.331. The summed E-state index contributed by atoms with van der Waals surface area (Å²) in [6.07, 6.45) is 4.23. The van der Waals surface area contributed by atoms with E-state index in [4.69, 9.17) is 5.73 Å². The third-order valence-electron chi connectivity index (χ3n) is 4.12. The van der Waals surface area contributed by atoms with Crippen molar-refractivity contribution in [3.05, 3.63) is 35.9 Å². The van der Waals surface area contributed by atoms with Crippen molar-refractivity contribution in [3.63, 3.8) is 0 Å². The average molecular weight is 262 g/mol. The summed E-state index contributed by atoms with van der Waals surface area (Å²) in [5.74, 6) is 0.818. The molecule has 0 aliphatic carbocycles. The molecule has 1 unspecified atom stereocenters. The highest BCUT2D eigenvalue weighted by molar-refractivity contribution is 5.15. The van der Waals surface area contributed by atoms with E-state index in [0.717, 1.165) is 32.0 Å². The second-order valence-corrected chi connectivity index (χ2v) is 5.65. The second kappa shape index (κ2) is 7.63. The van der Waals surface area contributed by atoms with Crippen LogP contribution in [0.25, 0.3) is 0 Å². The fourth-order valence-electron chi connectivity index (χ4n) is 2.81. The van der Waals surface area contributed by atoms with Crippen LogP contribution in [0, 0.1) is 5.92 Å². The van der Waals surface area contributed by atoms with Gasteiger partial charge >= 0.3 is 0 Å². The van der Waals surface area contributed by atoms with Crippen LogP contribution in [0.3, 0.4) is 0 Å². The van der Waals surface area contributed by atoms with Crippen molar-refractivity contribution in [2.75, 3.05) is 26.2 Å². The lowest BCUT2D eigenvalue weighted by Crippen LogP contribution is -2.37. The summed E-state index contributed by atoms with van der Waals surface area (Å²) >= 11 is 0. The highest BCUT2D eigenvalue weighted by Gasteiger charge is 2.19. The van der Waals surface area contributed by atoms with E-state index < -0.39 is 0 Å². The van der Waals surface area contributed by atoms with Crippen molar-refractivity contribution in [2.45, 2.75) is 31.8 Å². The van der Waals surface area contributed by atoms with Crippen molar-refractivity contribution >= 4 is 0 Å². The molecule has 1 aromatic rings. The highest BCUT2D eigenvalue weighted by atomic mass is 16.3. The second-order valence-electron chi connectivity index (χ2n) is 5.65. The fraction of sp³-hybridized carbons (Fsp3) is 0.625. The number of hydrogen-bond donors (Lipinski definition) is 2. The monoisotopic (exact) mass is 262 g/mol. The SMILES string of the molecule is NCC(O)CCN1CCC(Cc2ccccc2)CC1. The molecule has 0 spiro atoms. The van der Waals surface area contributed by atoms with E-state index in [2.05, 4.69) is 35.2 Å². The van der Waals surface area contributed by atoms with Gasteiger partial charge in [-0.2, -0.15) is 0 Å². The van der Waals surface area contributed by atoms with Crippen LogP contribution in [0.15, 0.2) is 30.3 Å². The number of aliphatic hydroxyl groups is 1. The third kappa shape index (κ3) is 4.94. The van der Waals surface area contributed by atoms with Crippen molar-refractivity contribution < 1.29 is 5.11 Å². The summed E-state index contributed by atoms with van der Waals surface area (Å²) in [5.41, 5.74) is 6.88. The molecular weight excluding hydrogens is 236 g/mol. The summed E-state index contributed by atoms with van der Waals surface area (Å²) in [6.45, 7) is 3.68. The lowest BCUT2D eigenvalue weighted by molar-refractivity contribution is 0.127. The predicted octanol–water partition coefficient (Wildman–Crippen LogP) is 1.65. The van der Waals surface area contributed by atoms with Gasteiger partial charge in [-0.1, -0.05) is 30.3 Å². The lowest BCUT2D eigenvalue weighted by atomic mass is 9.90. The fourth-order valence-corrected chi connectivity index (χ4v) is 2.81. The van der Waals surface area contributed by atoms with Gasteiger partial charge in [-0.05, 0) is 50.3 Å². The molecule has 0 saturated carbocycles. The quantitative estimate of drug-likeness (QED) is 0.819. The Morgan fingerprint density at radius 1 is 1.21 bits per heavy atom. The molecule has 0 aromatic heterocycles. The molecule has 1 aromatic carbocycles. The van der Waals surface area contributed by atoms with Gasteiger partial charge in [0.1, 0.15) is 0 Å². The summed E-state index contributed by atoms with van der Waals surface area (Å²) in [5, 5.41) is 9.48. The van der Waals surface area contributed by atoms with Gasteiger partial charge in [-0.3, -0.25) is 0 Å². The van der Waals surface area contributed by atoms with Crippen LogP contribution in [0.4, 0.5) is 0 Å². The molecule has 19 heavy (non-hydrogen) atoms. The van der Waals surface area contributed by atoms with Crippen LogP contribution in [0.5, 0.6) is 0 Å². The Bertz CT molecular complexity index is 347. The van der Waals surface area contributed by atoms with Gasteiger partial charge in [0, 0.05) is 13.1 Å². The van der Waals surface area contributed by atoms with Crippen molar-refractivity contribution in [1.82, 2.24) is 4.90 Å².